The zero-order valence-corrected chi connectivity index (χ0v) is 10.4. The third kappa shape index (κ3) is 1.93. The number of methoxy groups -OCH3 is 1. The highest BCUT2D eigenvalue weighted by atomic mass is 35.5. The number of ether oxygens (including phenoxy) is 3. The molecule has 3 N–H and O–H groups in total. The largest absolute Gasteiger partial charge is 0.495 e. The van der Waals surface area contributed by atoms with Gasteiger partial charge in [-0.3, -0.25) is 4.79 Å². The number of carbonyl (C=O) groups is 1. The molecule has 1 aromatic rings. The minimum absolute atomic E-state index is 0.0166. The first-order valence-electron chi connectivity index (χ1n) is 5.19. The summed E-state index contributed by atoms with van der Waals surface area (Å²) in [6, 6.07) is 1.53. The van der Waals surface area contributed by atoms with E-state index in [-0.39, 0.29) is 24.1 Å². The maximum atomic E-state index is 11.2. The molecule has 0 aromatic heterocycles. The van der Waals surface area contributed by atoms with Gasteiger partial charge in [0.15, 0.2) is 11.5 Å². The lowest BCUT2D eigenvalue weighted by molar-refractivity contribution is -0.138. The molecule has 1 aliphatic heterocycles. The molecule has 0 saturated carbocycles. The second-order valence-corrected chi connectivity index (χ2v) is 4.07. The zero-order valence-electron chi connectivity index (χ0n) is 9.60. The molecule has 0 fully saturated rings. The fraction of sp³-hybridized carbons (Fsp3) is 0.364. The number of benzene rings is 1. The van der Waals surface area contributed by atoms with Crippen LogP contribution in [-0.2, 0) is 4.79 Å². The van der Waals surface area contributed by atoms with Crippen molar-refractivity contribution in [2.24, 2.45) is 5.73 Å². The third-order valence-electron chi connectivity index (χ3n) is 2.69. The van der Waals surface area contributed by atoms with E-state index in [9.17, 15) is 9.90 Å². The Balaban J connectivity index is 2.66. The first-order valence-corrected chi connectivity index (χ1v) is 5.56. The molecule has 0 spiro atoms. The number of carboxylic acid groups (broad SMARTS) is 1. The summed E-state index contributed by atoms with van der Waals surface area (Å²) in [6.07, 6.45) is 0. The first-order chi connectivity index (χ1) is 8.60. The Labute approximate surface area is 108 Å². The molecule has 2 rings (SSSR count). The van der Waals surface area contributed by atoms with Gasteiger partial charge in [-0.15, -0.1) is 0 Å². The lowest BCUT2D eigenvalue weighted by Crippen LogP contribution is -2.22. The predicted octanol–water partition coefficient (Wildman–Crippen LogP) is 1.20. The highest BCUT2D eigenvalue weighted by Crippen LogP contribution is 2.48. The maximum Gasteiger partial charge on any atom is 0.312 e. The van der Waals surface area contributed by atoms with Crippen molar-refractivity contribution in [1.82, 2.24) is 0 Å². The highest BCUT2D eigenvalue weighted by Gasteiger charge is 2.32. The van der Waals surface area contributed by atoms with Gasteiger partial charge in [0, 0.05) is 12.6 Å². The van der Waals surface area contributed by atoms with E-state index in [1.54, 1.807) is 0 Å². The fourth-order valence-electron chi connectivity index (χ4n) is 1.88. The molecule has 1 aromatic carbocycles. The molecule has 1 unspecified atom stereocenters. The normalized spacial score (nSPS) is 14.4. The van der Waals surface area contributed by atoms with E-state index < -0.39 is 11.9 Å². The standard InChI is InChI=1S/C11H12ClNO5/c1-16-9-6(12)2-7-10(18-4-17-7)8(9)5(3-13)11(14)15/h2,5H,3-4,13H2,1H3,(H,14,15). The molecule has 1 atom stereocenters. The van der Waals surface area contributed by atoms with E-state index >= 15 is 0 Å². The van der Waals surface area contributed by atoms with Crippen molar-refractivity contribution in [2.45, 2.75) is 5.92 Å². The minimum atomic E-state index is -1.07. The molecular weight excluding hydrogens is 262 g/mol. The summed E-state index contributed by atoms with van der Waals surface area (Å²) in [5.74, 6) is -1.06. The summed E-state index contributed by atoms with van der Waals surface area (Å²) in [4.78, 5) is 11.2. The number of rotatable bonds is 4. The molecule has 0 saturated heterocycles. The van der Waals surface area contributed by atoms with Crippen LogP contribution in [0.2, 0.25) is 5.02 Å². The third-order valence-corrected chi connectivity index (χ3v) is 2.97. The summed E-state index contributed by atoms with van der Waals surface area (Å²) in [6.45, 7) is -0.0788. The molecule has 0 radical (unpaired) electrons. The second-order valence-electron chi connectivity index (χ2n) is 3.67. The van der Waals surface area contributed by atoms with Crippen LogP contribution in [0.1, 0.15) is 11.5 Å². The van der Waals surface area contributed by atoms with E-state index in [4.69, 9.17) is 31.5 Å². The molecule has 98 valence electrons. The Morgan fingerprint density at radius 2 is 2.39 bits per heavy atom. The molecule has 0 bridgehead atoms. The van der Waals surface area contributed by atoms with Gasteiger partial charge in [-0.25, -0.2) is 0 Å². The van der Waals surface area contributed by atoms with E-state index in [2.05, 4.69) is 0 Å². The molecule has 6 nitrogen and oxygen atoms in total. The Kier molecular flexibility index (Phi) is 3.49. The lowest BCUT2D eigenvalue weighted by Gasteiger charge is -2.17. The van der Waals surface area contributed by atoms with E-state index in [1.807, 2.05) is 0 Å². The van der Waals surface area contributed by atoms with Crippen LogP contribution in [0.3, 0.4) is 0 Å². The van der Waals surface area contributed by atoms with Crippen LogP contribution < -0.4 is 19.9 Å². The van der Waals surface area contributed by atoms with Crippen LogP contribution in [0.5, 0.6) is 17.2 Å². The van der Waals surface area contributed by atoms with Gasteiger partial charge < -0.3 is 25.1 Å². The van der Waals surface area contributed by atoms with Gasteiger partial charge in [0.1, 0.15) is 11.7 Å². The van der Waals surface area contributed by atoms with E-state index in [1.165, 1.54) is 13.2 Å². The molecule has 18 heavy (non-hydrogen) atoms. The zero-order chi connectivity index (χ0) is 13.3. The van der Waals surface area contributed by atoms with Gasteiger partial charge in [-0.1, -0.05) is 11.6 Å². The van der Waals surface area contributed by atoms with Crippen molar-refractivity contribution in [3.05, 3.63) is 16.7 Å². The molecule has 0 aliphatic carbocycles. The van der Waals surface area contributed by atoms with Gasteiger partial charge in [0.2, 0.25) is 6.79 Å². The topological polar surface area (TPSA) is 91.0 Å². The summed E-state index contributed by atoms with van der Waals surface area (Å²) in [7, 11) is 1.41. The van der Waals surface area contributed by atoms with Crippen LogP contribution in [0.25, 0.3) is 0 Å². The van der Waals surface area contributed by atoms with E-state index in [0.717, 1.165) is 0 Å². The Morgan fingerprint density at radius 3 is 2.94 bits per heavy atom. The summed E-state index contributed by atoms with van der Waals surface area (Å²) in [5.41, 5.74) is 5.81. The Bertz CT molecular complexity index is 487. The second kappa shape index (κ2) is 4.91. The van der Waals surface area contributed by atoms with Crippen molar-refractivity contribution in [3.8, 4) is 17.2 Å². The van der Waals surface area contributed by atoms with Gasteiger partial charge in [0.25, 0.3) is 0 Å². The SMILES string of the molecule is COc1c(Cl)cc2c(c1C(CN)C(=O)O)OCO2. The fourth-order valence-corrected chi connectivity index (χ4v) is 2.16. The number of halogens is 1. The van der Waals surface area contributed by atoms with Crippen LogP contribution >= 0.6 is 11.6 Å². The van der Waals surface area contributed by atoms with Gasteiger partial charge in [0.05, 0.1) is 17.7 Å². The minimum Gasteiger partial charge on any atom is -0.495 e. The number of hydrogen-bond donors (Lipinski definition) is 2. The summed E-state index contributed by atoms with van der Waals surface area (Å²) < 4.78 is 15.6. The van der Waals surface area contributed by atoms with Crippen LogP contribution in [0.4, 0.5) is 0 Å². The first kappa shape index (κ1) is 12.8. The lowest BCUT2D eigenvalue weighted by atomic mass is 9.96. The van der Waals surface area contributed by atoms with Crippen molar-refractivity contribution in [3.63, 3.8) is 0 Å². The molecule has 0 amide bonds. The van der Waals surface area contributed by atoms with Crippen LogP contribution in [-0.4, -0.2) is 31.5 Å². The number of nitrogens with two attached hydrogens (primary N) is 1. The Morgan fingerprint density at radius 1 is 1.67 bits per heavy atom. The summed E-state index contributed by atoms with van der Waals surface area (Å²) >= 11 is 6.02. The molecule has 1 aliphatic rings. The smallest absolute Gasteiger partial charge is 0.312 e. The molecular formula is C11H12ClNO5. The number of carboxylic acids is 1. The summed E-state index contributed by atoms with van der Waals surface area (Å²) in [5, 5.41) is 9.45. The Hall–Kier alpha value is -1.66. The average molecular weight is 274 g/mol. The predicted molar refractivity (Wildman–Crippen MR) is 63.6 cm³/mol. The maximum absolute atomic E-state index is 11.2. The number of hydrogen-bond acceptors (Lipinski definition) is 5. The van der Waals surface area contributed by atoms with Crippen molar-refractivity contribution >= 4 is 17.6 Å². The number of fused-ring (bicyclic) bond motifs is 1. The quantitative estimate of drug-likeness (QED) is 0.857. The number of aliphatic carboxylic acids is 1. The molecule has 7 heteroatoms. The highest BCUT2D eigenvalue weighted by molar-refractivity contribution is 6.32. The van der Waals surface area contributed by atoms with Crippen molar-refractivity contribution in [1.29, 1.82) is 0 Å². The monoisotopic (exact) mass is 273 g/mol. The average Bonchev–Trinajstić information content (AvgIpc) is 2.76. The van der Waals surface area contributed by atoms with E-state index in [0.29, 0.717) is 17.1 Å². The van der Waals surface area contributed by atoms with Gasteiger partial charge >= 0.3 is 5.97 Å². The van der Waals surface area contributed by atoms with Crippen LogP contribution in [0.15, 0.2) is 6.07 Å². The van der Waals surface area contributed by atoms with Crippen molar-refractivity contribution in [2.75, 3.05) is 20.4 Å². The van der Waals surface area contributed by atoms with Crippen molar-refractivity contribution < 1.29 is 24.1 Å². The molecule has 1 heterocycles. The van der Waals surface area contributed by atoms with Gasteiger partial charge in [-0.2, -0.15) is 0 Å². The van der Waals surface area contributed by atoms with Gasteiger partial charge in [-0.05, 0) is 0 Å². The van der Waals surface area contributed by atoms with Crippen LogP contribution in [0, 0.1) is 0 Å².